The van der Waals surface area contributed by atoms with Gasteiger partial charge in [0.1, 0.15) is 0 Å². The van der Waals surface area contributed by atoms with Crippen molar-refractivity contribution in [2.24, 2.45) is 0 Å². The molecule has 0 amide bonds. The van der Waals surface area contributed by atoms with Crippen LogP contribution in [-0.2, 0) is 0 Å². The summed E-state index contributed by atoms with van der Waals surface area (Å²) < 4.78 is 0. The van der Waals surface area contributed by atoms with E-state index < -0.39 is 4.92 Å². The van der Waals surface area contributed by atoms with Crippen LogP contribution in [0, 0.1) is 10.1 Å². The molecule has 0 aliphatic heterocycles. The van der Waals surface area contributed by atoms with Gasteiger partial charge in [-0.3, -0.25) is 10.1 Å². The highest BCUT2D eigenvalue weighted by Gasteiger charge is 2.05. The summed E-state index contributed by atoms with van der Waals surface area (Å²) in [5.41, 5.74) is 0.625. The van der Waals surface area contributed by atoms with Gasteiger partial charge in [0.05, 0.1) is 4.92 Å². The van der Waals surface area contributed by atoms with Crippen molar-refractivity contribution in [3.05, 3.63) is 49.6 Å². The van der Waals surface area contributed by atoms with Gasteiger partial charge >= 0.3 is 0 Å². The van der Waals surface area contributed by atoms with Crippen LogP contribution in [0.5, 0.6) is 0 Å². The number of nitrogens with zero attached hydrogens (tertiary/aromatic N) is 1. The maximum absolute atomic E-state index is 10.4. The first-order valence-corrected chi connectivity index (χ1v) is 4.54. The average Bonchev–Trinajstić information content (AvgIpc) is 2.09. The summed E-state index contributed by atoms with van der Waals surface area (Å²) in [7, 11) is 0. The Hall–Kier alpha value is -1.06. The molecule has 0 fully saturated rings. The predicted octanol–water partition coefficient (Wildman–Crippen LogP) is 3.63. The van der Waals surface area contributed by atoms with Crippen LogP contribution in [0.2, 0.25) is 10.0 Å². The second kappa shape index (κ2) is 4.44. The van der Waals surface area contributed by atoms with Gasteiger partial charge in [-0.05, 0) is 17.7 Å². The van der Waals surface area contributed by atoms with Gasteiger partial charge in [-0.25, -0.2) is 0 Å². The van der Waals surface area contributed by atoms with Gasteiger partial charge in [0.25, 0.3) is 0 Å². The predicted molar refractivity (Wildman–Crippen MR) is 57.1 cm³/mol. The molecule has 0 aromatic heterocycles. The molecule has 0 aliphatic rings. The fourth-order valence-corrected chi connectivity index (χ4v) is 1.36. The lowest BCUT2D eigenvalue weighted by Gasteiger charge is -1.98. The standard InChI is InChI=1S/C9H7Cl2NO2/c1-6(12(13)14)4-7-2-3-8(10)5-9(7)11/h2-5H,1H3/b6-4-. The molecule has 0 heterocycles. The van der Waals surface area contributed by atoms with Crippen LogP contribution in [0.1, 0.15) is 12.5 Å². The molecular formula is C9H7Cl2NO2. The van der Waals surface area contributed by atoms with E-state index in [4.69, 9.17) is 23.2 Å². The quantitative estimate of drug-likeness (QED) is 0.577. The molecule has 1 aromatic rings. The molecule has 0 N–H and O–H groups in total. The lowest BCUT2D eigenvalue weighted by atomic mass is 10.2. The summed E-state index contributed by atoms with van der Waals surface area (Å²) in [6, 6.07) is 4.81. The topological polar surface area (TPSA) is 43.1 Å². The molecule has 3 nitrogen and oxygen atoms in total. The highest BCUT2D eigenvalue weighted by molar-refractivity contribution is 6.35. The van der Waals surface area contributed by atoms with Crippen molar-refractivity contribution in [2.45, 2.75) is 6.92 Å². The molecule has 0 aliphatic carbocycles. The Labute approximate surface area is 91.1 Å². The molecule has 5 heteroatoms. The third-order valence-corrected chi connectivity index (χ3v) is 2.18. The Morgan fingerprint density at radius 3 is 2.64 bits per heavy atom. The van der Waals surface area contributed by atoms with Gasteiger partial charge in [0.15, 0.2) is 0 Å². The zero-order valence-corrected chi connectivity index (χ0v) is 8.84. The monoisotopic (exact) mass is 231 g/mol. The van der Waals surface area contributed by atoms with Crippen LogP contribution in [-0.4, -0.2) is 4.92 Å². The number of halogens is 2. The van der Waals surface area contributed by atoms with Crippen molar-refractivity contribution in [1.29, 1.82) is 0 Å². The Morgan fingerprint density at radius 1 is 1.50 bits per heavy atom. The summed E-state index contributed by atoms with van der Waals surface area (Å²) in [5, 5.41) is 11.3. The Balaban J connectivity index is 3.09. The minimum atomic E-state index is -0.467. The minimum absolute atomic E-state index is 0.0363. The molecule has 1 aromatic carbocycles. The molecular weight excluding hydrogens is 225 g/mol. The Bertz CT molecular complexity index is 402. The summed E-state index contributed by atoms with van der Waals surface area (Å²) in [5.74, 6) is 0. The zero-order chi connectivity index (χ0) is 10.7. The largest absolute Gasteiger partial charge is 0.259 e. The van der Waals surface area contributed by atoms with E-state index in [2.05, 4.69) is 0 Å². The summed E-state index contributed by atoms with van der Waals surface area (Å²) in [6.07, 6.45) is 1.40. The van der Waals surface area contributed by atoms with Crippen LogP contribution >= 0.6 is 23.2 Å². The van der Waals surface area contributed by atoms with Crippen LogP contribution in [0.3, 0.4) is 0 Å². The van der Waals surface area contributed by atoms with Crippen molar-refractivity contribution >= 4 is 29.3 Å². The zero-order valence-electron chi connectivity index (χ0n) is 7.33. The number of rotatable bonds is 2. The van der Waals surface area contributed by atoms with Gasteiger partial charge in [-0.2, -0.15) is 0 Å². The number of hydrogen-bond acceptors (Lipinski definition) is 2. The van der Waals surface area contributed by atoms with E-state index in [9.17, 15) is 10.1 Å². The van der Waals surface area contributed by atoms with E-state index in [-0.39, 0.29) is 5.70 Å². The first-order chi connectivity index (χ1) is 6.50. The average molecular weight is 232 g/mol. The van der Waals surface area contributed by atoms with E-state index >= 15 is 0 Å². The lowest BCUT2D eigenvalue weighted by Crippen LogP contribution is -1.93. The van der Waals surface area contributed by atoms with Gasteiger partial charge in [-0.1, -0.05) is 29.3 Å². The number of nitro groups is 1. The number of benzene rings is 1. The maximum Gasteiger partial charge on any atom is 0.243 e. The van der Waals surface area contributed by atoms with Crippen molar-refractivity contribution in [2.75, 3.05) is 0 Å². The van der Waals surface area contributed by atoms with Crippen molar-refractivity contribution in [1.82, 2.24) is 0 Å². The first kappa shape index (κ1) is 11.0. The van der Waals surface area contributed by atoms with Crippen LogP contribution < -0.4 is 0 Å². The molecule has 0 atom stereocenters. The first-order valence-electron chi connectivity index (χ1n) is 3.78. The highest BCUT2D eigenvalue weighted by atomic mass is 35.5. The summed E-state index contributed by atoms with van der Waals surface area (Å²) >= 11 is 11.5. The molecule has 0 unspecified atom stereocenters. The fourth-order valence-electron chi connectivity index (χ4n) is 0.896. The fraction of sp³-hybridized carbons (Fsp3) is 0.111. The van der Waals surface area contributed by atoms with Crippen molar-refractivity contribution in [3.8, 4) is 0 Å². The normalized spacial score (nSPS) is 11.5. The van der Waals surface area contributed by atoms with E-state index in [1.54, 1.807) is 18.2 Å². The van der Waals surface area contributed by atoms with Crippen LogP contribution in [0.25, 0.3) is 6.08 Å². The maximum atomic E-state index is 10.4. The van der Waals surface area contributed by atoms with E-state index in [1.807, 2.05) is 0 Å². The van der Waals surface area contributed by atoms with Crippen LogP contribution in [0.4, 0.5) is 0 Å². The summed E-state index contributed by atoms with van der Waals surface area (Å²) in [6.45, 7) is 1.41. The van der Waals surface area contributed by atoms with Crippen molar-refractivity contribution < 1.29 is 4.92 Å². The lowest BCUT2D eigenvalue weighted by molar-refractivity contribution is -0.422. The molecule has 14 heavy (non-hydrogen) atoms. The second-order valence-corrected chi connectivity index (χ2v) is 3.55. The van der Waals surface area contributed by atoms with Gasteiger partial charge in [-0.15, -0.1) is 0 Å². The molecule has 0 saturated heterocycles. The molecule has 1 rings (SSSR count). The van der Waals surface area contributed by atoms with Crippen LogP contribution in [0.15, 0.2) is 23.9 Å². The van der Waals surface area contributed by atoms with E-state index in [1.165, 1.54) is 13.0 Å². The third kappa shape index (κ3) is 2.72. The second-order valence-electron chi connectivity index (χ2n) is 2.71. The van der Waals surface area contributed by atoms with E-state index in [0.29, 0.717) is 15.6 Å². The molecule has 0 saturated carbocycles. The van der Waals surface area contributed by atoms with Gasteiger partial charge in [0.2, 0.25) is 5.70 Å². The summed E-state index contributed by atoms with van der Waals surface area (Å²) in [4.78, 5) is 9.88. The van der Waals surface area contributed by atoms with Gasteiger partial charge < -0.3 is 0 Å². The van der Waals surface area contributed by atoms with Crippen molar-refractivity contribution in [3.63, 3.8) is 0 Å². The molecule has 74 valence electrons. The molecule has 0 bridgehead atoms. The molecule has 0 radical (unpaired) electrons. The Morgan fingerprint density at radius 2 is 2.14 bits per heavy atom. The minimum Gasteiger partial charge on any atom is -0.259 e. The smallest absolute Gasteiger partial charge is 0.243 e. The number of allylic oxidation sites excluding steroid dienone is 1. The number of hydrogen-bond donors (Lipinski definition) is 0. The SMILES string of the molecule is C/C(=C/c1ccc(Cl)cc1Cl)[N+](=O)[O-]. The van der Waals surface area contributed by atoms with Gasteiger partial charge in [0, 0.05) is 23.0 Å². The molecule has 0 spiro atoms. The highest BCUT2D eigenvalue weighted by Crippen LogP contribution is 2.22. The van der Waals surface area contributed by atoms with E-state index in [0.717, 1.165) is 0 Å². The third-order valence-electron chi connectivity index (χ3n) is 1.61. The Kier molecular flexibility index (Phi) is 3.49.